The van der Waals surface area contributed by atoms with Gasteiger partial charge in [0.1, 0.15) is 17.6 Å². The minimum absolute atomic E-state index is 0.00520. The molecule has 0 saturated carbocycles. The van der Waals surface area contributed by atoms with Gasteiger partial charge in [0.15, 0.2) is 5.96 Å². The minimum atomic E-state index is 0.00520. The topological polar surface area (TPSA) is 58.1 Å². The summed E-state index contributed by atoms with van der Waals surface area (Å²) in [6, 6.07) is 18.4. The monoisotopic (exact) mass is 424 g/mol. The number of aliphatic imine (C=N–C) groups is 1. The summed E-state index contributed by atoms with van der Waals surface area (Å²) >= 11 is 0. The summed E-state index contributed by atoms with van der Waals surface area (Å²) in [5.74, 6) is 3.08. The van der Waals surface area contributed by atoms with E-state index in [2.05, 4.69) is 50.9 Å². The molecule has 0 bridgehead atoms. The number of methoxy groups -OCH3 is 1. The number of ether oxygens (including phenoxy) is 2. The fourth-order valence-corrected chi connectivity index (χ4v) is 3.86. The van der Waals surface area contributed by atoms with Crippen LogP contribution in [0.15, 0.2) is 59.6 Å². The number of hydrogen-bond donors (Lipinski definition) is 2. The van der Waals surface area contributed by atoms with Gasteiger partial charge in [0, 0.05) is 32.7 Å². The van der Waals surface area contributed by atoms with Crippen LogP contribution < -0.4 is 20.1 Å². The third-order valence-corrected chi connectivity index (χ3v) is 5.65. The Hall–Kier alpha value is -2.73. The van der Waals surface area contributed by atoms with Crippen molar-refractivity contribution >= 4 is 5.96 Å². The Bertz CT molecular complexity index is 812. The normalized spacial score (nSPS) is 17.9. The molecule has 1 heterocycles. The molecule has 1 aliphatic heterocycles. The lowest BCUT2D eigenvalue weighted by Gasteiger charge is -2.20. The van der Waals surface area contributed by atoms with Crippen LogP contribution in [0.25, 0.3) is 0 Å². The van der Waals surface area contributed by atoms with Crippen LogP contribution in [0.4, 0.5) is 0 Å². The SMILES string of the molecule is CN=C(NCC1CCN(CCc2ccccc2)C1)NCC(C)Oc1cccc(OC)c1. The zero-order valence-electron chi connectivity index (χ0n) is 19.0. The maximum atomic E-state index is 5.98. The molecule has 1 fully saturated rings. The molecule has 0 amide bonds. The van der Waals surface area contributed by atoms with Crippen LogP contribution in [-0.4, -0.2) is 63.8 Å². The van der Waals surface area contributed by atoms with E-state index in [1.54, 1.807) is 7.11 Å². The minimum Gasteiger partial charge on any atom is -0.497 e. The molecule has 0 aliphatic carbocycles. The van der Waals surface area contributed by atoms with Gasteiger partial charge in [0.25, 0.3) is 0 Å². The van der Waals surface area contributed by atoms with Crippen molar-refractivity contribution in [2.24, 2.45) is 10.9 Å². The molecule has 6 nitrogen and oxygen atoms in total. The Balaban J connectivity index is 1.33. The first-order valence-electron chi connectivity index (χ1n) is 11.2. The van der Waals surface area contributed by atoms with E-state index in [0.29, 0.717) is 12.5 Å². The van der Waals surface area contributed by atoms with E-state index in [1.807, 2.05) is 38.2 Å². The number of hydrogen-bond acceptors (Lipinski definition) is 4. The van der Waals surface area contributed by atoms with Gasteiger partial charge in [-0.05, 0) is 49.9 Å². The zero-order chi connectivity index (χ0) is 21.9. The van der Waals surface area contributed by atoms with Crippen molar-refractivity contribution in [3.63, 3.8) is 0 Å². The smallest absolute Gasteiger partial charge is 0.191 e. The van der Waals surface area contributed by atoms with Crippen LogP contribution in [0.1, 0.15) is 18.9 Å². The highest BCUT2D eigenvalue weighted by Gasteiger charge is 2.22. The number of nitrogens with zero attached hydrogens (tertiary/aromatic N) is 2. The van der Waals surface area contributed by atoms with Gasteiger partial charge < -0.3 is 25.0 Å². The molecule has 2 N–H and O–H groups in total. The van der Waals surface area contributed by atoms with E-state index in [9.17, 15) is 0 Å². The molecule has 2 atom stereocenters. The number of guanidine groups is 1. The summed E-state index contributed by atoms with van der Waals surface area (Å²) < 4.78 is 11.2. The highest BCUT2D eigenvalue weighted by molar-refractivity contribution is 5.79. The molecule has 3 rings (SSSR count). The Morgan fingerprint density at radius 3 is 2.71 bits per heavy atom. The van der Waals surface area contributed by atoms with Crippen molar-refractivity contribution in [3.05, 3.63) is 60.2 Å². The molecule has 168 valence electrons. The largest absolute Gasteiger partial charge is 0.497 e. The summed E-state index contributed by atoms with van der Waals surface area (Å²) in [6.07, 6.45) is 2.36. The molecule has 1 saturated heterocycles. The Morgan fingerprint density at radius 2 is 1.94 bits per heavy atom. The molecular formula is C25H36N4O2. The van der Waals surface area contributed by atoms with Crippen molar-refractivity contribution in [2.45, 2.75) is 25.9 Å². The molecule has 0 radical (unpaired) electrons. The summed E-state index contributed by atoms with van der Waals surface area (Å²) in [5.41, 5.74) is 1.42. The van der Waals surface area contributed by atoms with Crippen LogP contribution in [0, 0.1) is 5.92 Å². The van der Waals surface area contributed by atoms with E-state index in [1.165, 1.54) is 18.5 Å². The molecule has 1 aliphatic rings. The fraction of sp³-hybridized carbons (Fsp3) is 0.480. The lowest BCUT2D eigenvalue weighted by Crippen LogP contribution is -2.43. The number of rotatable bonds is 10. The van der Waals surface area contributed by atoms with Crippen LogP contribution in [0.5, 0.6) is 11.5 Å². The Labute approximate surface area is 186 Å². The first-order valence-corrected chi connectivity index (χ1v) is 11.2. The highest BCUT2D eigenvalue weighted by Crippen LogP contribution is 2.20. The molecule has 6 heteroatoms. The van der Waals surface area contributed by atoms with Crippen molar-refractivity contribution < 1.29 is 9.47 Å². The van der Waals surface area contributed by atoms with Crippen LogP contribution >= 0.6 is 0 Å². The van der Waals surface area contributed by atoms with E-state index in [-0.39, 0.29) is 6.10 Å². The Morgan fingerprint density at radius 1 is 1.13 bits per heavy atom. The summed E-state index contributed by atoms with van der Waals surface area (Å²) in [4.78, 5) is 6.92. The molecular weight excluding hydrogens is 388 g/mol. The van der Waals surface area contributed by atoms with Crippen molar-refractivity contribution in [1.29, 1.82) is 0 Å². The second-order valence-electron chi connectivity index (χ2n) is 8.13. The van der Waals surface area contributed by atoms with Crippen LogP contribution in [0.2, 0.25) is 0 Å². The van der Waals surface area contributed by atoms with Gasteiger partial charge >= 0.3 is 0 Å². The number of benzene rings is 2. The molecule has 2 aromatic rings. The van der Waals surface area contributed by atoms with Crippen molar-refractivity contribution in [3.8, 4) is 11.5 Å². The fourth-order valence-electron chi connectivity index (χ4n) is 3.86. The number of likely N-dealkylation sites (tertiary alicyclic amines) is 1. The van der Waals surface area contributed by atoms with Gasteiger partial charge in [-0.15, -0.1) is 0 Å². The van der Waals surface area contributed by atoms with Gasteiger partial charge in [-0.3, -0.25) is 4.99 Å². The second kappa shape index (κ2) is 12.2. The predicted octanol–water partition coefficient (Wildman–Crippen LogP) is 3.19. The first-order chi connectivity index (χ1) is 15.2. The maximum absolute atomic E-state index is 5.98. The third-order valence-electron chi connectivity index (χ3n) is 5.65. The third kappa shape index (κ3) is 7.79. The quantitative estimate of drug-likeness (QED) is 0.453. The molecule has 31 heavy (non-hydrogen) atoms. The summed E-state index contributed by atoms with van der Waals surface area (Å²) in [5, 5.41) is 6.85. The Kier molecular flexibility index (Phi) is 9.03. The van der Waals surface area contributed by atoms with E-state index < -0.39 is 0 Å². The van der Waals surface area contributed by atoms with E-state index in [4.69, 9.17) is 9.47 Å². The van der Waals surface area contributed by atoms with Crippen molar-refractivity contribution in [1.82, 2.24) is 15.5 Å². The summed E-state index contributed by atoms with van der Waals surface area (Å²) in [7, 11) is 3.47. The van der Waals surface area contributed by atoms with Crippen molar-refractivity contribution in [2.75, 3.05) is 46.9 Å². The first kappa shape index (κ1) is 22.9. The van der Waals surface area contributed by atoms with Gasteiger partial charge in [-0.2, -0.15) is 0 Å². The zero-order valence-corrected chi connectivity index (χ0v) is 19.0. The molecule has 0 aromatic heterocycles. The lowest BCUT2D eigenvalue weighted by atomic mass is 10.1. The number of nitrogens with one attached hydrogen (secondary N) is 2. The average molecular weight is 425 g/mol. The van der Waals surface area contributed by atoms with Gasteiger partial charge in [0.05, 0.1) is 13.7 Å². The van der Waals surface area contributed by atoms with E-state index >= 15 is 0 Å². The van der Waals surface area contributed by atoms with E-state index in [0.717, 1.165) is 43.5 Å². The molecule has 0 spiro atoms. The van der Waals surface area contributed by atoms with Gasteiger partial charge in [0.2, 0.25) is 0 Å². The van der Waals surface area contributed by atoms with Crippen LogP contribution in [0.3, 0.4) is 0 Å². The van der Waals surface area contributed by atoms with Gasteiger partial charge in [-0.25, -0.2) is 0 Å². The van der Waals surface area contributed by atoms with Crippen LogP contribution in [-0.2, 0) is 6.42 Å². The standard InChI is InChI=1S/C25H36N4O2/c1-20(31-24-11-7-10-23(16-24)30-3)17-27-25(26-2)28-18-22-13-15-29(19-22)14-12-21-8-5-4-6-9-21/h4-11,16,20,22H,12-15,17-19H2,1-3H3,(H2,26,27,28). The average Bonchev–Trinajstić information content (AvgIpc) is 3.26. The van der Waals surface area contributed by atoms with Gasteiger partial charge in [-0.1, -0.05) is 36.4 Å². The predicted molar refractivity (Wildman–Crippen MR) is 127 cm³/mol. The lowest BCUT2D eigenvalue weighted by molar-refractivity contribution is 0.223. The molecule has 2 unspecified atom stereocenters. The summed E-state index contributed by atoms with van der Waals surface area (Å²) in [6.45, 7) is 7.11. The molecule has 2 aromatic carbocycles. The second-order valence-corrected chi connectivity index (χ2v) is 8.13. The highest BCUT2D eigenvalue weighted by atomic mass is 16.5. The maximum Gasteiger partial charge on any atom is 0.191 e.